The standard InChI is InChI=1S/C18H25NO/c1-4-6-15-7-9-16(10-8-15)18-12-11-17(20-18)14(3)19-13-5-2/h7-12,14,19H,4-6,13H2,1-3H3. The molecule has 0 amide bonds. The lowest BCUT2D eigenvalue weighted by molar-refractivity contribution is 0.439. The van der Waals surface area contributed by atoms with Crippen molar-refractivity contribution in [3.63, 3.8) is 0 Å². The Hall–Kier alpha value is -1.54. The van der Waals surface area contributed by atoms with Crippen molar-refractivity contribution in [3.05, 3.63) is 47.7 Å². The van der Waals surface area contributed by atoms with E-state index < -0.39 is 0 Å². The summed E-state index contributed by atoms with van der Waals surface area (Å²) in [6.07, 6.45) is 3.46. The highest BCUT2D eigenvalue weighted by molar-refractivity contribution is 5.58. The third-order valence-corrected chi connectivity index (χ3v) is 3.53. The van der Waals surface area contributed by atoms with Crippen LogP contribution >= 0.6 is 0 Å². The van der Waals surface area contributed by atoms with Crippen LogP contribution in [-0.4, -0.2) is 6.54 Å². The molecular weight excluding hydrogens is 246 g/mol. The summed E-state index contributed by atoms with van der Waals surface area (Å²) in [4.78, 5) is 0. The molecule has 0 spiro atoms. The summed E-state index contributed by atoms with van der Waals surface area (Å²) in [7, 11) is 0. The van der Waals surface area contributed by atoms with Crippen LogP contribution in [0.15, 0.2) is 40.8 Å². The van der Waals surface area contributed by atoms with E-state index >= 15 is 0 Å². The molecule has 1 aromatic heterocycles. The first-order valence-electron chi connectivity index (χ1n) is 7.67. The summed E-state index contributed by atoms with van der Waals surface area (Å²) in [5.74, 6) is 1.96. The molecule has 2 aromatic rings. The molecule has 108 valence electrons. The zero-order chi connectivity index (χ0) is 14.4. The zero-order valence-corrected chi connectivity index (χ0v) is 12.8. The van der Waals surface area contributed by atoms with Gasteiger partial charge in [0.1, 0.15) is 11.5 Å². The third kappa shape index (κ3) is 3.73. The highest BCUT2D eigenvalue weighted by Gasteiger charge is 2.10. The molecule has 0 bridgehead atoms. The lowest BCUT2D eigenvalue weighted by Crippen LogP contribution is -2.18. The molecule has 0 saturated heterocycles. The van der Waals surface area contributed by atoms with Crippen LogP contribution in [0.2, 0.25) is 0 Å². The van der Waals surface area contributed by atoms with Crippen molar-refractivity contribution in [3.8, 4) is 11.3 Å². The predicted molar refractivity (Wildman–Crippen MR) is 84.8 cm³/mol. The lowest BCUT2D eigenvalue weighted by atomic mass is 10.1. The fraction of sp³-hybridized carbons (Fsp3) is 0.444. The van der Waals surface area contributed by atoms with Crippen molar-refractivity contribution in [1.29, 1.82) is 0 Å². The molecular formula is C18H25NO. The molecule has 1 N–H and O–H groups in total. The van der Waals surface area contributed by atoms with Gasteiger partial charge >= 0.3 is 0 Å². The van der Waals surface area contributed by atoms with Gasteiger partial charge in [-0.25, -0.2) is 0 Å². The van der Waals surface area contributed by atoms with Crippen LogP contribution in [0.4, 0.5) is 0 Å². The van der Waals surface area contributed by atoms with E-state index in [2.05, 4.69) is 62.5 Å². The average Bonchev–Trinajstić information content (AvgIpc) is 2.96. The quantitative estimate of drug-likeness (QED) is 0.770. The van der Waals surface area contributed by atoms with Crippen LogP contribution in [0, 0.1) is 0 Å². The van der Waals surface area contributed by atoms with Crippen molar-refractivity contribution < 1.29 is 4.42 Å². The highest BCUT2D eigenvalue weighted by Crippen LogP contribution is 2.25. The summed E-state index contributed by atoms with van der Waals surface area (Å²) in [5, 5.41) is 3.45. The van der Waals surface area contributed by atoms with Crippen LogP contribution in [0.5, 0.6) is 0 Å². The number of hydrogen-bond acceptors (Lipinski definition) is 2. The van der Waals surface area contributed by atoms with E-state index in [1.165, 1.54) is 12.0 Å². The Bertz CT molecular complexity index is 512. The van der Waals surface area contributed by atoms with Crippen molar-refractivity contribution >= 4 is 0 Å². The molecule has 1 heterocycles. The molecule has 0 radical (unpaired) electrons. The number of furan rings is 1. The predicted octanol–water partition coefficient (Wildman–Crippen LogP) is 4.96. The third-order valence-electron chi connectivity index (χ3n) is 3.53. The molecule has 0 fully saturated rings. The summed E-state index contributed by atoms with van der Waals surface area (Å²) in [6.45, 7) is 7.54. The summed E-state index contributed by atoms with van der Waals surface area (Å²) in [5.41, 5.74) is 2.54. The number of nitrogens with one attached hydrogen (secondary N) is 1. The lowest BCUT2D eigenvalue weighted by Gasteiger charge is -2.09. The molecule has 2 heteroatoms. The Balaban J connectivity index is 2.07. The maximum absolute atomic E-state index is 5.97. The zero-order valence-electron chi connectivity index (χ0n) is 12.8. The molecule has 0 aliphatic heterocycles. The average molecular weight is 271 g/mol. The molecule has 2 rings (SSSR count). The summed E-state index contributed by atoms with van der Waals surface area (Å²) in [6, 6.07) is 13.1. The minimum absolute atomic E-state index is 0.267. The first kappa shape index (κ1) is 14.9. The fourth-order valence-electron chi connectivity index (χ4n) is 2.33. The maximum Gasteiger partial charge on any atom is 0.134 e. The molecule has 2 nitrogen and oxygen atoms in total. The van der Waals surface area contributed by atoms with Gasteiger partial charge in [0, 0.05) is 5.56 Å². The van der Waals surface area contributed by atoms with E-state index in [9.17, 15) is 0 Å². The van der Waals surface area contributed by atoms with Gasteiger partial charge in [-0.1, -0.05) is 44.5 Å². The van der Waals surface area contributed by atoms with Gasteiger partial charge in [0.25, 0.3) is 0 Å². The molecule has 1 atom stereocenters. The smallest absolute Gasteiger partial charge is 0.134 e. The van der Waals surface area contributed by atoms with Gasteiger partial charge in [-0.05, 0) is 44.0 Å². The minimum Gasteiger partial charge on any atom is -0.459 e. The van der Waals surface area contributed by atoms with E-state index in [4.69, 9.17) is 4.42 Å². The van der Waals surface area contributed by atoms with Crippen molar-refractivity contribution in [1.82, 2.24) is 5.32 Å². The number of benzene rings is 1. The second-order valence-electron chi connectivity index (χ2n) is 5.32. The molecule has 1 unspecified atom stereocenters. The summed E-state index contributed by atoms with van der Waals surface area (Å²) >= 11 is 0. The Labute approximate surface area is 122 Å². The van der Waals surface area contributed by atoms with Crippen LogP contribution in [-0.2, 0) is 6.42 Å². The number of rotatable bonds is 7. The topological polar surface area (TPSA) is 25.2 Å². The van der Waals surface area contributed by atoms with Crippen LogP contribution in [0.25, 0.3) is 11.3 Å². The number of hydrogen-bond donors (Lipinski definition) is 1. The van der Waals surface area contributed by atoms with Gasteiger partial charge in [0.05, 0.1) is 6.04 Å². The molecule has 0 aliphatic rings. The van der Waals surface area contributed by atoms with Crippen LogP contribution < -0.4 is 5.32 Å². The van der Waals surface area contributed by atoms with Crippen LogP contribution in [0.3, 0.4) is 0 Å². The van der Waals surface area contributed by atoms with Crippen LogP contribution in [0.1, 0.15) is 51.0 Å². The number of aryl methyl sites for hydroxylation is 1. The summed E-state index contributed by atoms with van der Waals surface area (Å²) < 4.78 is 5.97. The van der Waals surface area contributed by atoms with Crippen molar-refractivity contribution in [2.45, 2.75) is 46.1 Å². The first-order valence-corrected chi connectivity index (χ1v) is 7.67. The Morgan fingerprint density at radius 1 is 1.00 bits per heavy atom. The molecule has 20 heavy (non-hydrogen) atoms. The monoisotopic (exact) mass is 271 g/mol. The van der Waals surface area contributed by atoms with Gasteiger partial charge in [0.15, 0.2) is 0 Å². The Kier molecular flexibility index (Phi) is 5.42. The first-order chi connectivity index (χ1) is 9.74. The Morgan fingerprint density at radius 3 is 2.40 bits per heavy atom. The van der Waals surface area contributed by atoms with E-state index in [1.807, 2.05) is 0 Å². The second kappa shape index (κ2) is 7.30. The van der Waals surface area contributed by atoms with Gasteiger partial charge < -0.3 is 9.73 Å². The van der Waals surface area contributed by atoms with Gasteiger partial charge in [-0.3, -0.25) is 0 Å². The van der Waals surface area contributed by atoms with Gasteiger partial charge in [0.2, 0.25) is 0 Å². The van der Waals surface area contributed by atoms with E-state index in [-0.39, 0.29) is 6.04 Å². The highest BCUT2D eigenvalue weighted by atomic mass is 16.3. The minimum atomic E-state index is 0.267. The Morgan fingerprint density at radius 2 is 1.75 bits per heavy atom. The largest absolute Gasteiger partial charge is 0.459 e. The SMILES string of the molecule is CCCNC(C)c1ccc(-c2ccc(CCC)cc2)o1. The van der Waals surface area contributed by atoms with Crippen molar-refractivity contribution in [2.75, 3.05) is 6.54 Å². The molecule has 0 saturated carbocycles. The van der Waals surface area contributed by atoms with E-state index in [1.54, 1.807) is 0 Å². The van der Waals surface area contributed by atoms with E-state index in [0.29, 0.717) is 0 Å². The molecule has 0 aliphatic carbocycles. The molecule has 1 aromatic carbocycles. The van der Waals surface area contributed by atoms with Crippen molar-refractivity contribution in [2.24, 2.45) is 0 Å². The maximum atomic E-state index is 5.97. The fourth-order valence-corrected chi connectivity index (χ4v) is 2.33. The van der Waals surface area contributed by atoms with Gasteiger partial charge in [-0.2, -0.15) is 0 Å². The normalized spacial score (nSPS) is 12.6. The van der Waals surface area contributed by atoms with Gasteiger partial charge in [-0.15, -0.1) is 0 Å². The second-order valence-corrected chi connectivity index (χ2v) is 5.32. The van der Waals surface area contributed by atoms with E-state index in [0.717, 1.165) is 36.5 Å².